The van der Waals surface area contributed by atoms with E-state index in [4.69, 9.17) is 19.0 Å². The molecule has 2 aromatic carbocycles. The Bertz CT molecular complexity index is 1840. The van der Waals surface area contributed by atoms with Gasteiger partial charge in [0, 0.05) is 23.5 Å². The zero-order valence-electron chi connectivity index (χ0n) is 28.5. The molecule has 0 bridgehead atoms. The summed E-state index contributed by atoms with van der Waals surface area (Å²) in [6.45, 7) is 6.91. The Balaban J connectivity index is 1.18. The van der Waals surface area contributed by atoms with E-state index in [1.807, 2.05) is 74.5 Å². The molecule has 0 saturated carbocycles. The lowest BCUT2D eigenvalue weighted by molar-refractivity contribution is -0.222. The summed E-state index contributed by atoms with van der Waals surface area (Å²) in [6.07, 6.45) is -0.507. The molecule has 1 amide bonds. The fourth-order valence-corrected chi connectivity index (χ4v) is 8.43. The first-order valence-electron chi connectivity index (χ1n) is 16.5. The van der Waals surface area contributed by atoms with Gasteiger partial charge in [-0.15, -0.1) is 23.1 Å². The number of benzene rings is 2. The number of allylic oxidation sites excluding steroid dienone is 1. The van der Waals surface area contributed by atoms with Gasteiger partial charge in [-0.2, -0.15) is 0 Å². The van der Waals surface area contributed by atoms with Gasteiger partial charge in [0.1, 0.15) is 12.3 Å². The third-order valence-electron chi connectivity index (χ3n) is 8.82. The number of rotatable bonds is 13. The number of β-lactam (4-membered cyclic amide) rings is 1. The van der Waals surface area contributed by atoms with E-state index in [1.165, 1.54) is 34.9 Å². The lowest BCUT2D eigenvalue weighted by Crippen LogP contribution is -2.75. The van der Waals surface area contributed by atoms with Gasteiger partial charge in [0.25, 0.3) is 5.72 Å². The van der Waals surface area contributed by atoms with Gasteiger partial charge < -0.3 is 19.0 Å². The van der Waals surface area contributed by atoms with E-state index in [0.717, 1.165) is 16.7 Å². The molecule has 266 valence electrons. The van der Waals surface area contributed by atoms with Gasteiger partial charge in [0.2, 0.25) is 12.0 Å². The van der Waals surface area contributed by atoms with Crippen molar-refractivity contribution in [2.24, 2.45) is 17.0 Å². The second kappa shape index (κ2) is 15.2. The highest BCUT2D eigenvalue weighted by atomic mass is 32.2. The Morgan fingerprint density at radius 2 is 1.75 bits per heavy atom. The second-order valence-electron chi connectivity index (χ2n) is 12.7. The number of aromatic nitrogens is 1. The number of amides is 1. The van der Waals surface area contributed by atoms with Gasteiger partial charge in [-0.05, 0) is 44.9 Å². The molecule has 3 aliphatic rings. The molecular formula is C37H37N3O9S2. The molecule has 0 radical (unpaired) electrons. The number of ether oxygens (including phenoxy) is 3. The summed E-state index contributed by atoms with van der Waals surface area (Å²) in [5, 5.41) is 5.79. The Morgan fingerprint density at radius 1 is 1.08 bits per heavy atom. The zero-order valence-corrected chi connectivity index (χ0v) is 30.1. The van der Waals surface area contributed by atoms with E-state index >= 15 is 0 Å². The van der Waals surface area contributed by atoms with E-state index in [9.17, 15) is 24.0 Å². The van der Waals surface area contributed by atoms with Crippen LogP contribution in [0.25, 0.3) is 0 Å². The molecule has 3 saturated heterocycles. The Labute approximate surface area is 303 Å². The minimum absolute atomic E-state index is 0.0276. The van der Waals surface area contributed by atoms with Crippen molar-refractivity contribution in [2.75, 3.05) is 12.4 Å². The summed E-state index contributed by atoms with van der Waals surface area (Å²) in [4.78, 5) is 78.1. The van der Waals surface area contributed by atoms with Crippen LogP contribution in [0.3, 0.4) is 0 Å². The number of esters is 3. The summed E-state index contributed by atoms with van der Waals surface area (Å²) < 4.78 is 17.0. The van der Waals surface area contributed by atoms with Gasteiger partial charge in [-0.25, -0.2) is 14.6 Å². The number of carbonyl (C=O) groups is 5. The molecule has 3 fully saturated rings. The van der Waals surface area contributed by atoms with Crippen LogP contribution in [-0.4, -0.2) is 74.8 Å². The van der Waals surface area contributed by atoms with E-state index in [2.05, 4.69) is 10.1 Å². The maximum atomic E-state index is 13.9. The van der Waals surface area contributed by atoms with Crippen molar-refractivity contribution in [3.63, 3.8) is 0 Å². The third kappa shape index (κ3) is 7.33. The number of thiazole rings is 1. The highest BCUT2D eigenvalue weighted by molar-refractivity contribution is 8.00. The number of hydrogen-bond acceptors (Lipinski definition) is 13. The van der Waals surface area contributed by atoms with Crippen molar-refractivity contribution in [1.82, 2.24) is 9.88 Å². The maximum absolute atomic E-state index is 13.9. The van der Waals surface area contributed by atoms with Crippen LogP contribution >= 0.6 is 23.1 Å². The number of Topliss-reactive ketones (excluding diaryl/α,β-unsaturated/α-hetero) is 1. The molecule has 3 aromatic rings. The Morgan fingerprint density at radius 3 is 2.35 bits per heavy atom. The van der Waals surface area contributed by atoms with Crippen LogP contribution in [0.5, 0.6) is 0 Å². The lowest BCUT2D eigenvalue weighted by Gasteiger charge is -2.57. The van der Waals surface area contributed by atoms with Crippen molar-refractivity contribution in [3.05, 3.63) is 99.5 Å². The standard InChI is InChI=1S/C37H37N3O9S2/c1-21(2)15-16-46-36(45)37-26(17-30(42)48-37)19-51-34-27(33(43)40(34)37)18-29(41)31(28-20-50-23(4)38-28)39-49-22(3)35(44)47-32(24-11-7-5-8-12-24)25-13-9-6-10-14-25/h5-15,20,22,26-27,32,34H,16-19H2,1-4H3/b39-31-/t22-,26-,27+,34+,37+/m0/s1. The van der Waals surface area contributed by atoms with Gasteiger partial charge in [-0.3, -0.25) is 19.3 Å². The molecule has 0 N–H and O–H groups in total. The zero-order chi connectivity index (χ0) is 36.3. The molecule has 51 heavy (non-hydrogen) atoms. The van der Waals surface area contributed by atoms with Crippen LogP contribution in [0.2, 0.25) is 0 Å². The number of thioether (sulfide) groups is 1. The lowest BCUT2D eigenvalue weighted by atomic mass is 9.84. The van der Waals surface area contributed by atoms with Crippen LogP contribution < -0.4 is 0 Å². The molecule has 0 spiro atoms. The Hall–Kier alpha value is -4.82. The summed E-state index contributed by atoms with van der Waals surface area (Å²) >= 11 is 2.68. The fraction of sp³-hybridized carbons (Fsp3) is 0.378. The second-order valence-corrected chi connectivity index (χ2v) is 14.9. The van der Waals surface area contributed by atoms with Gasteiger partial charge in [0.15, 0.2) is 17.6 Å². The molecule has 0 unspecified atom stereocenters. The fourth-order valence-electron chi connectivity index (χ4n) is 6.20. The molecule has 6 rings (SSSR count). The van der Waals surface area contributed by atoms with Gasteiger partial charge in [-0.1, -0.05) is 71.4 Å². The Kier molecular flexibility index (Phi) is 10.7. The number of fused-ring (bicyclic) bond motifs is 3. The molecule has 12 nitrogen and oxygen atoms in total. The highest BCUT2D eigenvalue weighted by Gasteiger charge is 2.71. The quantitative estimate of drug-likeness (QED) is 0.0573. The summed E-state index contributed by atoms with van der Waals surface area (Å²) in [6, 6.07) is 18.6. The molecular weight excluding hydrogens is 695 g/mol. The summed E-state index contributed by atoms with van der Waals surface area (Å²) in [7, 11) is 0. The molecule has 5 atom stereocenters. The predicted octanol–water partition coefficient (Wildman–Crippen LogP) is 5.15. The van der Waals surface area contributed by atoms with E-state index < -0.39 is 64.7 Å². The number of ketones is 1. The minimum Gasteiger partial charge on any atom is -0.457 e. The third-order valence-corrected chi connectivity index (χ3v) is 11.1. The highest BCUT2D eigenvalue weighted by Crippen LogP contribution is 2.54. The first kappa shape index (κ1) is 36.0. The topological polar surface area (TPSA) is 151 Å². The van der Waals surface area contributed by atoms with Crippen molar-refractivity contribution in [3.8, 4) is 0 Å². The van der Waals surface area contributed by atoms with Crippen molar-refractivity contribution in [1.29, 1.82) is 0 Å². The molecule has 3 aliphatic heterocycles. The van der Waals surface area contributed by atoms with Crippen LogP contribution in [0.15, 0.2) is 82.8 Å². The number of carbonyl (C=O) groups excluding carboxylic acids is 5. The normalized spacial score (nSPS) is 23.0. The smallest absolute Gasteiger partial charge is 0.373 e. The van der Waals surface area contributed by atoms with E-state index in [0.29, 0.717) is 10.8 Å². The van der Waals surface area contributed by atoms with E-state index in [1.54, 1.807) is 18.4 Å². The van der Waals surface area contributed by atoms with Crippen molar-refractivity contribution < 1.29 is 43.0 Å². The molecule has 14 heteroatoms. The first-order valence-corrected chi connectivity index (χ1v) is 18.4. The van der Waals surface area contributed by atoms with E-state index in [-0.39, 0.29) is 30.9 Å². The van der Waals surface area contributed by atoms with Gasteiger partial charge in [0.05, 0.1) is 22.7 Å². The van der Waals surface area contributed by atoms with Crippen LogP contribution in [0, 0.1) is 18.8 Å². The van der Waals surface area contributed by atoms with Crippen molar-refractivity contribution in [2.45, 2.75) is 63.8 Å². The SMILES string of the molecule is CC(C)=CCOC(=O)[C@]12OC(=O)C[C@H]1CS[C@@H]1[C@H](CC(=O)/C(=N\O[C@@H](C)C(=O)OC(c3ccccc3)c3ccccc3)c3csc(C)n3)C(=O)N12. The number of hydrogen-bond donors (Lipinski definition) is 0. The number of nitrogens with zero attached hydrogens (tertiary/aromatic N) is 3. The summed E-state index contributed by atoms with van der Waals surface area (Å²) in [5.41, 5.74) is 0.667. The number of oxime groups is 1. The molecule has 4 heterocycles. The van der Waals surface area contributed by atoms with Gasteiger partial charge >= 0.3 is 17.9 Å². The van der Waals surface area contributed by atoms with Crippen LogP contribution in [0.1, 0.15) is 61.5 Å². The minimum atomic E-state index is -1.88. The predicted molar refractivity (Wildman–Crippen MR) is 188 cm³/mol. The van der Waals surface area contributed by atoms with Crippen molar-refractivity contribution >= 4 is 58.4 Å². The first-order chi connectivity index (χ1) is 24.5. The monoisotopic (exact) mass is 731 g/mol. The molecule has 0 aliphatic carbocycles. The average molecular weight is 732 g/mol. The summed E-state index contributed by atoms with van der Waals surface area (Å²) in [5.74, 6) is -4.24. The largest absolute Gasteiger partial charge is 0.457 e. The maximum Gasteiger partial charge on any atom is 0.373 e. The average Bonchev–Trinajstić information content (AvgIpc) is 3.71. The van der Waals surface area contributed by atoms with Crippen LogP contribution in [-0.2, 0) is 43.0 Å². The number of aryl methyl sites for hydroxylation is 1. The molecule has 1 aromatic heterocycles. The van der Waals surface area contributed by atoms with Crippen LogP contribution in [0.4, 0.5) is 0 Å².